The lowest BCUT2D eigenvalue weighted by atomic mass is 10.1. The van der Waals surface area contributed by atoms with Gasteiger partial charge in [0.05, 0.1) is 18.0 Å². The molecular weight excluding hydrogens is 354 g/mol. The zero-order chi connectivity index (χ0) is 12.3. The molecule has 0 aromatic carbocycles. The number of carboxylic acid groups (broad SMARTS) is 1. The lowest BCUT2D eigenvalue weighted by Crippen LogP contribution is -2.08. The van der Waals surface area contributed by atoms with E-state index in [0.717, 1.165) is 0 Å². The van der Waals surface area contributed by atoms with Crippen molar-refractivity contribution in [1.82, 2.24) is 4.98 Å². The summed E-state index contributed by atoms with van der Waals surface area (Å²) in [7, 11) is 0. The highest BCUT2D eigenvalue weighted by atomic mass is 127. The Morgan fingerprint density at radius 2 is 2.25 bits per heavy atom. The molecule has 0 spiro atoms. The van der Waals surface area contributed by atoms with Crippen LogP contribution in [0.25, 0.3) is 0 Å². The Hall–Kier alpha value is -0.500. The fraction of sp³-hybridized carbons (Fsp3) is 0.333. The summed E-state index contributed by atoms with van der Waals surface area (Å²) in [6.07, 6.45) is -2.96. The second kappa shape index (κ2) is 5.72. The summed E-state index contributed by atoms with van der Waals surface area (Å²) in [5.74, 6) is -1.13. The van der Waals surface area contributed by atoms with Gasteiger partial charge in [-0.3, -0.25) is 4.79 Å². The predicted octanol–water partition coefficient (Wildman–Crippen LogP) is 2.99. The molecule has 0 aliphatic rings. The summed E-state index contributed by atoms with van der Waals surface area (Å²) in [5.41, 5.74) is 0.210. The Labute approximate surface area is 109 Å². The Bertz CT molecular complexity index is 415. The summed E-state index contributed by atoms with van der Waals surface area (Å²) in [5, 5.41) is 8.63. The molecular formula is C9H7ClF2INO2. The van der Waals surface area contributed by atoms with Crippen LogP contribution in [0.15, 0.2) is 6.07 Å². The van der Waals surface area contributed by atoms with Gasteiger partial charge in [0.1, 0.15) is 5.69 Å². The van der Waals surface area contributed by atoms with Gasteiger partial charge >= 0.3 is 5.97 Å². The molecule has 16 heavy (non-hydrogen) atoms. The topological polar surface area (TPSA) is 50.2 Å². The number of hydrogen-bond acceptors (Lipinski definition) is 2. The maximum absolute atomic E-state index is 12.5. The molecule has 0 aliphatic carbocycles. The molecule has 3 nitrogen and oxygen atoms in total. The molecule has 0 radical (unpaired) electrons. The maximum atomic E-state index is 12.5. The molecule has 88 valence electrons. The van der Waals surface area contributed by atoms with Crippen LogP contribution in [0, 0.1) is 3.57 Å². The SMILES string of the molecule is O=C(O)Cc1cc(I)c(C(F)F)nc1CCl. The molecule has 0 saturated carbocycles. The van der Waals surface area contributed by atoms with Crippen LogP contribution in [0.4, 0.5) is 8.78 Å². The average Bonchev–Trinajstić information content (AvgIpc) is 2.16. The molecule has 0 atom stereocenters. The fourth-order valence-electron chi connectivity index (χ4n) is 1.17. The standard InChI is InChI=1S/C9H7ClF2INO2/c10-3-6-4(2-7(15)16)1-5(13)8(14-6)9(11)12/h1,9H,2-3H2,(H,15,16). The van der Waals surface area contributed by atoms with Crippen LogP contribution in [0.3, 0.4) is 0 Å². The molecule has 0 amide bonds. The molecule has 0 saturated heterocycles. The lowest BCUT2D eigenvalue weighted by molar-refractivity contribution is -0.136. The fourth-order valence-corrected chi connectivity index (χ4v) is 2.13. The van der Waals surface area contributed by atoms with Gasteiger partial charge in [-0.15, -0.1) is 11.6 Å². The number of hydrogen-bond donors (Lipinski definition) is 1. The van der Waals surface area contributed by atoms with E-state index in [9.17, 15) is 13.6 Å². The Morgan fingerprint density at radius 1 is 1.62 bits per heavy atom. The van der Waals surface area contributed by atoms with Gasteiger partial charge in [-0.05, 0) is 34.2 Å². The minimum absolute atomic E-state index is 0.0841. The Balaban J connectivity index is 3.20. The molecule has 1 aromatic heterocycles. The van der Waals surface area contributed by atoms with Crippen LogP contribution in [-0.4, -0.2) is 16.1 Å². The van der Waals surface area contributed by atoms with Crippen molar-refractivity contribution < 1.29 is 18.7 Å². The van der Waals surface area contributed by atoms with Gasteiger partial charge in [-0.2, -0.15) is 0 Å². The second-order valence-electron chi connectivity index (χ2n) is 2.97. The number of carboxylic acids is 1. The van der Waals surface area contributed by atoms with Gasteiger partial charge in [0.2, 0.25) is 0 Å². The van der Waals surface area contributed by atoms with Gasteiger partial charge in [-0.25, -0.2) is 13.8 Å². The van der Waals surface area contributed by atoms with Crippen LogP contribution in [0.1, 0.15) is 23.4 Å². The van der Waals surface area contributed by atoms with E-state index in [-0.39, 0.29) is 27.3 Å². The normalized spacial score (nSPS) is 10.8. The monoisotopic (exact) mass is 361 g/mol. The Morgan fingerprint density at radius 3 is 2.69 bits per heavy atom. The zero-order valence-electron chi connectivity index (χ0n) is 7.88. The summed E-state index contributed by atoms with van der Waals surface area (Å²) in [4.78, 5) is 14.2. The third-order valence-corrected chi connectivity index (χ3v) is 2.96. The minimum Gasteiger partial charge on any atom is -0.481 e. The van der Waals surface area contributed by atoms with Crippen molar-refractivity contribution in [2.75, 3.05) is 0 Å². The first-order valence-corrected chi connectivity index (χ1v) is 5.81. The van der Waals surface area contributed by atoms with Crippen LogP contribution >= 0.6 is 34.2 Å². The lowest BCUT2D eigenvalue weighted by Gasteiger charge is -2.09. The van der Waals surface area contributed by atoms with Crippen LogP contribution < -0.4 is 0 Å². The van der Waals surface area contributed by atoms with E-state index in [0.29, 0.717) is 5.56 Å². The van der Waals surface area contributed by atoms with Gasteiger partial charge in [0.25, 0.3) is 6.43 Å². The highest BCUT2D eigenvalue weighted by Gasteiger charge is 2.18. The highest BCUT2D eigenvalue weighted by Crippen LogP contribution is 2.25. The number of halogens is 4. The van der Waals surface area contributed by atoms with E-state index in [2.05, 4.69) is 4.98 Å². The van der Waals surface area contributed by atoms with Crippen molar-refractivity contribution in [3.05, 3.63) is 26.6 Å². The Kier molecular flexibility index (Phi) is 4.85. The van der Waals surface area contributed by atoms with E-state index >= 15 is 0 Å². The summed E-state index contributed by atoms with van der Waals surface area (Å²) in [6, 6.07) is 1.39. The van der Waals surface area contributed by atoms with Crippen molar-refractivity contribution in [2.24, 2.45) is 0 Å². The summed E-state index contributed by atoms with van der Waals surface area (Å²) < 4.78 is 25.3. The quantitative estimate of drug-likeness (QED) is 0.662. The van der Waals surface area contributed by atoms with Crippen molar-refractivity contribution in [3.63, 3.8) is 0 Å². The van der Waals surface area contributed by atoms with Crippen molar-refractivity contribution in [1.29, 1.82) is 0 Å². The summed E-state index contributed by atoms with van der Waals surface area (Å²) in [6.45, 7) is 0. The van der Waals surface area contributed by atoms with Crippen LogP contribution in [0.5, 0.6) is 0 Å². The van der Waals surface area contributed by atoms with Crippen molar-refractivity contribution in [3.8, 4) is 0 Å². The molecule has 1 N–H and O–H groups in total. The molecule has 7 heteroatoms. The number of carbonyl (C=O) groups is 1. The molecule has 0 fully saturated rings. The third-order valence-electron chi connectivity index (χ3n) is 1.85. The van der Waals surface area contributed by atoms with Crippen molar-refractivity contribution >= 4 is 40.2 Å². The van der Waals surface area contributed by atoms with E-state index < -0.39 is 12.4 Å². The maximum Gasteiger partial charge on any atom is 0.307 e. The minimum atomic E-state index is -2.69. The van der Waals surface area contributed by atoms with Gasteiger partial charge in [0.15, 0.2) is 0 Å². The first-order chi connectivity index (χ1) is 7.45. The number of rotatable bonds is 4. The molecule has 1 aromatic rings. The molecule has 0 aliphatic heterocycles. The third kappa shape index (κ3) is 3.24. The number of pyridine rings is 1. The van der Waals surface area contributed by atoms with E-state index in [1.165, 1.54) is 6.07 Å². The molecule has 1 rings (SSSR count). The summed E-state index contributed by atoms with van der Waals surface area (Å²) >= 11 is 7.24. The van der Waals surface area contributed by atoms with Crippen molar-refractivity contribution in [2.45, 2.75) is 18.7 Å². The van der Waals surface area contributed by atoms with Crippen LogP contribution in [-0.2, 0) is 17.1 Å². The average molecular weight is 362 g/mol. The van der Waals surface area contributed by atoms with Gasteiger partial charge in [-0.1, -0.05) is 0 Å². The first kappa shape index (κ1) is 13.6. The van der Waals surface area contributed by atoms with E-state index in [1.807, 2.05) is 0 Å². The van der Waals surface area contributed by atoms with Gasteiger partial charge in [0, 0.05) is 3.57 Å². The number of alkyl halides is 3. The molecule has 1 heterocycles. The second-order valence-corrected chi connectivity index (χ2v) is 4.40. The number of aliphatic carboxylic acids is 1. The zero-order valence-corrected chi connectivity index (χ0v) is 10.8. The van der Waals surface area contributed by atoms with Gasteiger partial charge < -0.3 is 5.11 Å². The predicted molar refractivity (Wildman–Crippen MR) is 62.8 cm³/mol. The smallest absolute Gasteiger partial charge is 0.307 e. The van der Waals surface area contributed by atoms with E-state index in [1.54, 1.807) is 22.6 Å². The highest BCUT2D eigenvalue weighted by molar-refractivity contribution is 14.1. The number of nitrogens with zero attached hydrogens (tertiary/aromatic N) is 1. The van der Waals surface area contributed by atoms with Crippen LogP contribution in [0.2, 0.25) is 0 Å². The van der Waals surface area contributed by atoms with E-state index in [4.69, 9.17) is 16.7 Å². The number of aromatic nitrogens is 1. The first-order valence-electron chi connectivity index (χ1n) is 4.19. The molecule has 0 unspecified atom stereocenters. The largest absolute Gasteiger partial charge is 0.481 e. The molecule has 0 bridgehead atoms.